The molecule has 1 aliphatic heterocycles. The Balaban J connectivity index is 0.000000461. The normalized spacial score (nSPS) is 13.2. The van der Waals surface area contributed by atoms with Crippen LogP contribution in [0.25, 0.3) is 0 Å². The van der Waals surface area contributed by atoms with Crippen molar-refractivity contribution < 1.29 is 25.0 Å². The van der Waals surface area contributed by atoms with Gasteiger partial charge in [-0.25, -0.2) is 9.98 Å². The molecule has 3 N–H and O–H groups in total. The first-order valence-corrected chi connectivity index (χ1v) is 18.6. The number of nitriles is 1. The average molecular weight is 664 g/mol. The molecule has 0 amide bonds. The molecule has 0 radical (unpaired) electrons. The average Bonchev–Trinajstić information content (AvgIpc) is 3.10. The van der Waals surface area contributed by atoms with Crippen LogP contribution in [-0.2, 0) is 19.9 Å². The Morgan fingerprint density at radius 1 is 1.19 bits per heavy atom. The number of pyridine rings is 2. The summed E-state index contributed by atoms with van der Waals surface area (Å²) in [5.74, 6) is 0.641. The minimum absolute atomic E-state index is 0.0486. The molecule has 2 aromatic heterocycles. The zero-order valence-electron chi connectivity index (χ0n) is 18.3. The maximum absolute atomic E-state index is 8.30. The number of aliphatic hydroxyl groups excluding tert-OH is 1. The van der Waals surface area contributed by atoms with Crippen LogP contribution in [0, 0.1) is 11.3 Å². The third-order valence-corrected chi connectivity index (χ3v) is 4.10. The summed E-state index contributed by atoms with van der Waals surface area (Å²) in [4.78, 5) is 12.4. The standard InChI is InChI=1S/C10H11BrN2O.C6H3BrN2.C4H11NO.2ClH.Zn/c1-10(2)6-14-9(13-10)8-4-3-7(11)5-12-8;7-5-1-2-6(3-8)9-4-5;1-4(2,5)3-6;;;/h3-5H,6H2,1-2H3;1-2,4H;6H,3,5H2,1-2H3;2*1H;/q;;;;;+2/p-2. The first-order valence-electron chi connectivity index (χ1n) is 9.25. The van der Waals surface area contributed by atoms with Crippen LogP contribution >= 0.6 is 51.2 Å². The van der Waals surface area contributed by atoms with Crippen molar-refractivity contribution in [1.82, 2.24) is 9.97 Å². The second-order valence-corrected chi connectivity index (χ2v) is 14.1. The first-order chi connectivity index (χ1) is 14.9. The van der Waals surface area contributed by atoms with Gasteiger partial charge in [0, 0.05) is 26.9 Å². The van der Waals surface area contributed by atoms with Gasteiger partial charge in [0.1, 0.15) is 24.1 Å². The molecule has 3 heterocycles. The number of hydrogen-bond donors (Lipinski definition) is 2. The van der Waals surface area contributed by atoms with Crippen LogP contribution in [0.15, 0.2) is 50.6 Å². The molecule has 172 valence electrons. The van der Waals surface area contributed by atoms with Crippen LogP contribution in [0.4, 0.5) is 0 Å². The molecular formula is C20H25Br2Cl2N5O2Zn. The van der Waals surface area contributed by atoms with Crippen molar-refractivity contribution in [3.63, 3.8) is 0 Å². The van der Waals surface area contributed by atoms with Gasteiger partial charge in [-0.2, -0.15) is 5.26 Å². The van der Waals surface area contributed by atoms with Crippen molar-refractivity contribution in [2.45, 2.75) is 38.8 Å². The van der Waals surface area contributed by atoms with Gasteiger partial charge >= 0.3 is 34.5 Å². The van der Waals surface area contributed by atoms with Crippen LogP contribution in [0.2, 0.25) is 0 Å². The van der Waals surface area contributed by atoms with E-state index in [2.05, 4.69) is 46.8 Å². The van der Waals surface area contributed by atoms with Gasteiger partial charge in [0.2, 0.25) is 5.90 Å². The van der Waals surface area contributed by atoms with Gasteiger partial charge in [0.05, 0.1) is 12.1 Å². The predicted molar refractivity (Wildman–Crippen MR) is 132 cm³/mol. The van der Waals surface area contributed by atoms with Gasteiger partial charge in [-0.15, -0.1) is 0 Å². The van der Waals surface area contributed by atoms with Gasteiger partial charge < -0.3 is 15.6 Å². The molecule has 0 unspecified atom stereocenters. The Hall–Kier alpha value is -0.657. The molecule has 2 aromatic rings. The molecule has 0 fully saturated rings. The van der Waals surface area contributed by atoms with Gasteiger partial charge in [-0.1, -0.05) is 0 Å². The fraction of sp³-hybridized carbons (Fsp3) is 0.400. The SMILES string of the molecule is CC(C)(N)CO.CC1(C)COC(c2ccc(Br)cn2)=N1.N#Cc1ccc(Br)cn1.[Cl][Zn][Cl]. The number of ether oxygens (including phenoxy) is 1. The fourth-order valence-electron chi connectivity index (χ4n) is 1.66. The Labute approximate surface area is 221 Å². The predicted octanol–water partition coefficient (Wildman–Crippen LogP) is 5.21. The number of aliphatic imine (C=N–C) groups is 1. The van der Waals surface area contributed by atoms with Crippen LogP contribution < -0.4 is 5.73 Å². The molecule has 0 spiro atoms. The van der Waals surface area contributed by atoms with Crippen molar-refractivity contribution in [3.05, 3.63) is 57.0 Å². The van der Waals surface area contributed by atoms with E-state index in [1.807, 2.05) is 32.0 Å². The summed E-state index contributed by atoms with van der Waals surface area (Å²) in [6, 6.07) is 9.19. The summed E-state index contributed by atoms with van der Waals surface area (Å²) in [6.45, 7) is 8.30. The van der Waals surface area contributed by atoms with E-state index in [-0.39, 0.29) is 12.1 Å². The molecule has 7 nitrogen and oxygen atoms in total. The fourth-order valence-corrected chi connectivity index (χ4v) is 2.13. The van der Waals surface area contributed by atoms with Gasteiger partial charge in [0.25, 0.3) is 0 Å². The van der Waals surface area contributed by atoms with E-state index in [0.29, 0.717) is 18.2 Å². The summed E-state index contributed by atoms with van der Waals surface area (Å²) in [5.41, 5.74) is 5.99. The van der Waals surface area contributed by atoms with Crippen LogP contribution in [0.5, 0.6) is 0 Å². The second kappa shape index (κ2) is 16.1. The summed E-state index contributed by atoms with van der Waals surface area (Å²) < 4.78 is 7.31. The zero-order valence-corrected chi connectivity index (χ0v) is 26.0. The minimum atomic E-state index is -0.931. The van der Waals surface area contributed by atoms with Gasteiger partial charge in [-0.05, 0) is 83.8 Å². The molecule has 3 rings (SSSR count). The second-order valence-electron chi connectivity index (χ2n) is 7.60. The van der Waals surface area contributed by atoms with E-state index in [9.17, 15) is 0 Å². The molecule has 0 bridgehead atoms. The number of rotatable bonds is 2. The third-order valence-electron chi connectivity index (χ3n) is 3.16. The summed E-state index contributed by atoms with van der Waals surface area (Å²) in [6.07, 6.45) is 3.34. The van der Waals surface area contributed by atoms with E-state index in [1.54, 1.807) is 38.4 Å². The van der Waals surface area contributed by atoms with Crippen LogP contribution in [-0.4, -0.2) is 45.3 Å². The van der Waals surface area contributed by atoms with Crippen molar-refractivity contribution >= 4 is 57.1 Å². The Bertz CT molecular complexity index is 872. The molecule has 1 aliphatic rings. The summed E-state index contributed by atoms with van der Waals surface area (Å²) >= 11 is 5.61. The van der Waals surface area contributed by atoms with Crippen molar-refractivity contribution in [2.75, 3.05) is 13.2 Å². The van der Waals surface area contributed by atoms with Crippen LogP contribution in [0.3, 0.4) is 0 Å². The number of nitrogens with zero attached hydrogens (tertiary/aromatic N) is 4. The van der Waals surface area contributed by atoms with E-state index in [1.165, 1.54) is 0 Å². The summed E-state index contributed by atoms with van der Waals surface area (Å²) in [5, 5.41) is 16.6. The molecule has 12 heteroatoms. The number of halogens is 4. The monoisotopic (exact) mass is 659 g/mol. The molecule has 0 aliphatic carbocycles. The number of nitrogens with two attached hydrogens (primary N) is 1. The number of aromatic nitrogens is 2. The molecule has 0 saturated carbocycles. The first kappa shape index (κ1) is 31.3. The third kappa shape index (κ3) is 15.2. The number of aliphatic hydroxyl groups is 1. The number of hydrogen-bond acceptors (Lipinski definition) is 7. The molecule has 0 saturated heterocycles. The van der Waals surface area contributed by atoms with E-state index >= 15 is 0 Å². The molecule has 0 aromatic carbocycles. The Morgan fingerprint density at radius 2 is 1.69 bits per heavy atom. The van der Waals surface area contributed by atoms with Gasteiger partial charge in [0.15, 0.2) is 0 Å². The molecular weight excluding hydrogens is 638 g/mol. The quantitative estimate of drug-likeness (QED) is 0.427. The van der Waals surface area contributed by atoms with Crippen LogP contribution in [0.1, 0.15) is 39.1 Å². The summed E-state index contributed by atoms with van der Waals surface area (Å²) in [7, 11) is 9.90. The Kier molecular flexibility index (Phi) is 15.7. The van der Waals surface area contributed by atoms with Gasteiger partial charge in [-0.3, -0.25) is 4.98 Å². The van der Waals surface area contributed by atoms with E-state index in [0.717, 1.165) is 14.6 Å². The zero-order chi connectivity index (χ0) is 24.8. The van der Waals surface area contributed by atoms with Crippen molar-refractivity contribution in [1.29, 1.82) is 5.26 Å². The topological polar surface area (TPSA) is 117 Å². The molecule has 32 heavy (non-hydrogen) atoms. The van der Waals surface area contributed by atoms with E-state index < -0.39 is 20.7 Å². The van der Waals surface area contributed by atoms with Crippen molar-refractivity contribution in [2.24, 2.45) is 10.7 Å². The van der Waals surface area contributed by atoms with E-state index in [4.69, 9.17) is 40.2 Å². The maximum atomic E-state index is 8.30. The Morgan fingerprint density at radius 3 is 2.00 bits per heavy atom. The van der Waals surface area contributed by atoms with Crippen molar-refractivity contribution in [3.8, 4) is 6.07 Å². The molecule has 0 atom stereocenters.